The molecule has 178 valence electrons. The summed E-state index contributed by atoms with van der Waals surface area (Å²) >= 11 is 0. The van der Waals surface area contributed by atoms with Crippen LogP contribution in [-0.4, -0.2) is 37.3 Å². The number of aliphatic hydroxyl groups is 1. The Balaban J connectivity index is 1.55. The Morgan fingerprint density at radius 2 is 1.74 bits per heavy atom. The van der Waals surface area contributed by atoms with E-state index < -0.39 is 22.1 Å². The third-order valence-electron chi connectivity index (χ3n) is 4.96. The molecule has 3 aromatic rings. The highest BCUT2D eigenvalue weighted by Crippen LogP contribution is 2.21. The lowest BCUT2D eigenvalue weighted by Gasteiger charge is -2.12. The van der Waals surface area contributed by atoms with E-state index in [1.165, 1.54) is 12.1 Å². The Kier molecular flexibility index (Phi) is 8.84. The summed E-state index contributed by atoms with van der Waals surface area (Å²) in [5.74, 6) is -0.271. The van der Waals surface area contributed by atoms with Gasteiger partial charge in [-0.1, -0.05) is 60.7 Å². The predicted molar refractivity (Wildman–Crippen MR) is 131 cm³/mol. The van der Waals surface area contributed by atoms with Gasteiger partial charge < -0.3 is 14.9 Å². The van der Waals surface area contributed by atoms with Gasteiger partial charge in [-0.25, -0.2) is 8.42 Å². The number of benzene rings is 3. The van der Waals surface area contributed by atoms with Gasteiger partial charge in [0.2, 0.25) is 0 Å². The molecule has 34 heavy (non-hydrogen) atoms. The summed E-state index contributed by atoms with van der Waals surface area (Å²) in [7, 11) is -3.74. The van der Waals surface area contributed by atoms with E-state index in [4.69, 9.17) is 9.84 Å². The number of hydrogen-bond acceptors (Lipinski definition) is 5. The van der Waals surface area contributed by atoms with Gasteiger partial charge in [-0.15, -0.1) is 0 Å². The number of sulfonamides is 1. The zero-order valence-corrected chi connectivity index (χ0v) is 19.3. The van der Waals surface area contributed by atoms with Crippen molar-refractivity contribution in [1.82, 2.24) is 0 Å². The molecule has 0 saturated carbocycles. The second-order valence-corrected chi connectivity index (χ2v) is 9.29. The second kappa shape index (κ2) is 12.0. The smallest absolute Gasteiger partial charge is 0.303 e. The minimum Gasteiger partial charge on any atom is -0.493 e. The van der Waals surface area contributed by atoms with E-state index in [1.54, 1.807) is 60.7 Å². The summed E-state index contributed by atoms with van der Waals surface area (Å²) in [4.78, 5) is 10.9. The number of aliphatic hydroxyl groups excluding tert-OH is 1. The summed E-state index contributed by atoms with van der Waals surface area (Å²) in [6.07, 6.45) is 3.14. The van der Waals surface area contributed by atoms with E-state index in [9.17, 15) is 18.3 Å². The van der Waals surface area contributed by atoms with Crippen LogP contribution >= 0.6 is 0 Å². The van der Waals surface area contributed by atoms with Crippen LogP contribution in [0, 0.1) is 0 Å². The third-order valence-corrected chi connectivity index (χ3v) is 6.34. The molecular formula is C26H27NO6S. The van der Waals surface area contributed by atoms with Crippen molar-refractivity contribution in [3.8, 4) is 5.75 Å². The van der Waals surface area contributed by atoms with Crippen LogP contribution in [0.5, 0.6) is 5.75 Å². The molecule has 3 rings (SSSR count). The molecule has 0 heterocycles. The van der Waals surface area contributed by atoms with Crippen LogP contribution in [0.1, 0.15) is 24.0 Å². The number of hydrogen-bond donors (Lipinski definition) is 3. The molecule has 0 amide bonds. The van der Waals surface area contributed by atoms with E-state index >= 15 is 0 Å². The molecule has 0 bridgehead atoms. The van der Waals surface area contributed by atoms with Gasteiger partial charge in [-0.2, -0.15) is 0 Å². The molecule has 0 fully saturated rings. The topological polar surface area (TPSA) is 113 Å². The van der Waals surface area contributed by atoms with Gasteiger partial charge in [0, 0.05) is 18.5 Å². The standard InChI is InChI=1S/C26H27NO6S/c28-23(17-18-33-25-12-5-4-8-21(25)14-16-26(29)30)15-13-20-7-6-11-24(19-20)34(31,32)27-22-9-2-1-3-10-22/h1-13,15,19,23,27-28H,14,16-18H2,(H,29,30)/b15-13+. The normalized spacial score (nSPS) is 12.4. The van der Waals surface area contributed by atoms with Crippen molar-refractivity contribution >= 4 is 27.8 Å². The van der Waals surface area contributed by atoms with Crippen LogP contribution in [0.15, 0.2) is 89.8 Å². The first-order valence-corrected chi connectivity index (χ1v) is 12.3. The number of anilines is 1. The van der Waals surface area contributed by atoms with E-state index in [0.29, 0.717) is 29.8 Å². The molecule has 1 unspecified atom stereocenters. The van der Waals surface area contributed by atoms with E-state index in [1.807, 2.05) is 18.2 Å². The first-order valence-electron chi connectivity index (χ1n) is 10.8. The summed E-state index contributed by atoms with van der Waals surface area (Å²) in [5.41, 5.74) is 1.91. The van der Waals surface area contributed by atoms with Crippen LogP contribution in [0.4, 0.5) is 5.69 Å². The maximum absolute atomic E-state index is 12.6. The number of carboxylic acids is 1. The number of para-hydroxylation sites is 2. The Hall–Kier alpha value is -3.62. The molecule has 0 aliphatic rings. The highest BCUT2D eigenvalue weighted by atomic mass is 32.2. The summed E-state index contributed by atoms with van der Waals surface area (Å²) in [6, 6.07) is 22.3. The van der Waals surface area contributed by atoms with Crippen molar-refractivity contribution in [2.75, 3.05) is 11.3 Å². The van der Waals surface area contributed by atoms with Crippen molar-refractivity contribution < 1.29 is 28.2 Å². The molecule has 3 N–H and O–H groups in total. The summed E-state index contributed by atoms with van der Waals surface area (Å²) in [5, 5.41) is 19.2. The lowest BCUT2D eigenvalue weighted by Crippen LogP contribution is -2.13. The Labute approximate surface area is 199 Å². The van der Waals surface area contributed by atoms with Crippen LogP contribution in [0.3, 0.4) is 0 Å². The fourth-order valence-electron chi connectivity index (χ4n) is 3.21. The van der Waals surface area contributed by atoms with E-state index in [2.05, 4.69) is 4.72 Å². The number of nitrogens with one attached hydrogen (secondary N) is 1. The molecule has 7 nitrogen and oxygen atoms in total. The monoisotopic (exact) mass is 481 g/mol. The van der Waals surface area contributed by atoms with Crippen LogP contribution in [0.25, 0.3) is 6.08 Å². The van der Waals surface area contributed by atoms with Crippen molar-refractivity contribution in [3.05, 3.63) is 96.1 Å². The zero-order chi connectivity index (χ0) is 24.4. The van der Waals surface area contributed by atoms with Crippen molar-refractivity contribution in [2.45, 2.75) is 30.3 Å². The van der Waals surface area contributed by atoms with Crippen LogP contribution in [-0.2, 0) is 21.2 Å². The number of carbonyl (C=O) groups is 1. The zero-order valence-electron chi connectivity index (χ0n) is 18.5. The SMILES string of the molecule is O=C(O)CCc1ccccc1OCCC(O)/C=C/c1cccc(S(=O)(=O)Nc2ccccc2)c1. The third kappa shape index (κ3) is 7.75. The molecule has 0 radical (unpaired) electrons. The maximum atomic E-state index is 12.6. The molecule has 0 aliphatic heterocycles. The summed E-state index contributed by atoms with van der Waals surface area (Å²) < 4.78 is 33.6. The lowest BCUT2D eigenvalue weighted by atomic mass is 10.1. The van der Waals surface area contributed by atoms with Crippen LogP contribution in [0.2, 0.25) is 0 Å². The molecular weight excluding hydrogens is 454 g/mol. The van der Waals surface area contributed by atoms with Gasteiger partial charge in [0.25, 0.3) is 10.0 Å². The number of aliphatic carboxylic acids is 1. The minimum atomic E-state index is -3.74. The quantitative estimate of drug-likeness (QED) is 0.355. The van der Waals surface area contributed by atoms with Crippen LogP contribution < -0.4 is 9.46 Å². The Morgan fingerprint density at radius 1 is 1.00 bits per heavy atom. The first kappa shape index (κ1) is 25.0. The fraction of sp³-hybridized carbons (Fsp3) is 0.192. The molecule has 0 aromatic heterocycles. The molecule has 0 saturated heterocycles. The van der Waals surface area contributed by atoms with E-state index in [0.717, 1.165) is 5.56 Å². The second-order valence-electron chi connectivity index (χ2n) is 7.61. The fourth-order valence-corrected chi connectivity index (χ4v) is 4.32. The predicted octanol–water partition coefficient (Wildman–Crippen LogP) is 4.35. The van der Waals surface area contributed by atoms with Gasteiger partial charge >= 0.3 is 5.97 Å². The largest absolute Gasteiger partial charge is 0.493 e. The molecule has 0 spiro atoms. The van der Waals surface area contributed by atoms with E-state index in [-0.39, 0.29) is 17.9 Å². The number of ether oxygens (including phenoxy) is 1. The lowest BCUT2D eigenvalue weighted by molar-refractivity contribution is -0.136. The van der Waals surface area contributed by atoms with Gasteiger partial charge in [0.1, 0.15) is 5.75 Å². The average Bonchev–Trinajstić information content (AvgIpc) is 2.82. The maximum Gasteiger partial charge on any atom is 0.303 e. The average molecular weight is 482 g/mol. The Bertz CT molecular complexity index is 1220. The van der Waals surface area contributed by atoms with Gasteiger partial charge in [0.15, 0.2) is 0 Å². The number of rotatable bonds is 12. The molecule has 1 atom stereocenters. The summed E-state index contributed by atoms with van der Waals surface area (Å²) in [6.45, 7) is 0.241. The van der Waals surface area contributed by atoms with Gasteiger partial charge in [-0.3, -0.25) is 9.52 Å². The Morgan fingerprint density at radius 3 is 2.50 bits per heavy atom. The highest BCUT2D eigenvalue weighted by molar-refractivity contribution is 7.92. The number of aryl methyl sites for hydroxylation is 1. The molecule has 0 aliphatic carbocycles. The van der Waals surface area contributed by atoms with Gasteiger partial charge in [-0.05, 0) is 47.9 Å². The van der Waals surface area contributed by atoms with Crippen molar-refractivity contribution in [2.24, 2.45) is 0 Å². The number of carboxylic acid groups (broad SMARTS) is 1. The van der Waals surface area contributed by atoms with Crippen molar-refractivity contribution in [1.29, 1.82) is 0 Å². The van der Waals surface area contributed by atoms with Crippen molar-refractivity contribution in [3.63, 3.8) is 0 Å². The first-order chi connectivity index (χ1) is 16.3. The molecule has 3 aromatic carbocycles. The minimum absolute atomic E-state index is 0.0153. The molecule has 8 heteroatoms. The highest BCUT2D eigenvalue weighted by Gasteiger charge is 2.14. The van der Waals surface area contributed by atoms with Gasteiger partial charge in [0.05, 0.1) is 17.6 Å².